The first-order valence-electron chi connectivity index (χ1n) is 7.71. The Morgan fingerprint density at radius 3 is 2.92 bits per heavy atom. The number of thioether (sulfide) groups is 1. The minimum absolute atomic E-state index is 0. The summed E-state index contributed by atoms with van der Waals surface area (Å²) < 4.78 is 2.04. The van der Waals surface area contributed by atoms with Gasteiger partial charge >= 0.3 is 0 Å². The van der Waals surface area contributed by atoms with Crippen molar-refractivity contribution in [2.24, 2.45) is 0 Å². The summed E-state index contributed by atoms with van der Waals surface area (Å²) >= 11 is 1.72. The van der Waals surface area contributed by atoms with Gasteiger partial charge in [0.25, 0.3) is 0 Å². The summed E-state index contributed by atoms with van der Waals surface area (Å²) in [6.45, 7) is 2.26. The molecule has 2 aromatic rings. The normalized spacial score (nSPS) is 17.0. The molecule has 0 bridgehead atoms. The van der Waals surface area contributed by atoms with Crippen LogP contribution in [0.25, 0.3) is 11.0 Å². The summed E-state index contributed by atoms with van der Waals surface area (Å²) in [4.78, 5) is 17.0. The average Bonchev–Trinajstić information content (AvgIpc) is 2.86. The Morgan fingerprint density at radius 2 is 2.21 bits per heavy atom. The lowest BCUT2D eigenvalue weighted by molar-refractivity contribution is -0.122. The molecule has 1 amide bonds. The van der Waals surface area contributed by atoms with Gasteiger partial charge in [0.2, 0.25) is 5.91 Å². The van der Waals surface area contributed by atoms with Crippen LogP contribution in [0.15, 0.2) is 24.3 Å². The Bertz CT molecular complexity index is 659. The highest BCUT2D eigenvalue weighted by atomic mass is 35.5. The van der Waals surface area contributed by atoms with E-state index in [1.165, 1.54) is 0 Å². The predicted octanol–water partition coefficient (Wildman–Crippen LogP) is 2.61. The lowest BCUT2D eigenvalue weighted by Crippen LogP contribution is -2.46. The van der Waals surface area contributed by atoms with Crippen LogP contribution in [-0.2, 0) is 17.1 Å². The van der Waals surface area contributed by atoms with Crippen LogP contribution in [0, 0.1) is 0 Å². The van der Waals surface area contributed by atoms with Crippen LogP contribution in [-0.4, -0.2) is 40.8 Å². The van der Waals surface area contributed by atoms with E-state index in [1.807, 2.05) is 28.8 Å². The monoisotopic (exact) mass is 390 g/mol. The number of nitrogens with zero attached hydrogens (tertiary/aromatic N) is 2. The summed E-state index contributed by atoms with van der Waals surface area (Å²) in [6.07, 6.45) is 4.23. The fraction of sp³-hybridized carbons (Fsp3) is 0.500. The van der Waals surface area contributed by atoms with Crippen molar-refractivity contribution < 1.29 is 4.79 Å². The molecule has 5 nitrogen and oxygen atoms in total. The molecule has 0 unspecified atom stereocenters. The zero-order valence-corrected chi connectivity index (χ0v) is 16.1. The van der Waals surface area contributed by atoms with Gasteiger partial charge in [0, 0.05) is 12.6 Å². The van der Waals surface area contributed by atoms with Crippen molar-refractivity contribution in [3.05, 3.63) is 30.1 Å². The Hall–Kier alpha value is -0.950. The molecule has 1 aromatic carbocycles. The van der Waals surface area contributed by atoms with Gasteiger partial charge in [-0.3, -0.25) is 4.79 Å². The largest absolute Gasteiger partial charge is 0.351 e. The van der Waals surface area contributed by atoms with Crippen molar-refractivity contribution in [2.75, 3.05) is 19.3 Å². The highest BCUT2D eigenvalue weighted by Gasteiger charge is 2.17. The number of piperidine rings is 1. The van der Waals surface area contributed by atoms with Crippen molar-refractivity contribution in [3.8, 4) is 0 Å². The molecule has 24 heavy (non-hydrogen) atoms. The molecule has 2 heterocycles. The van der Waals surface area contributed by atoms with Gasteiger partial charge in [-0.25, -0.2) is 4.98 Å². The lowest BCUT2D eigenvalue weighted by atomic mass is 10.1. The molecule has 0 radical (unpaired) electrons. The third-order valence-corrected chi connectivity index (χ3v) is 4.52. The molecule has 134 valence electrons. The Kier molecular flexibility index (Phi) is 8.91. The van der Waals surface area contributed by atoms with Crippen LogP contribution in [0.3, 0.4) is 0 Å². The molecule has 2 N–H and O–H groups in total. The molecule has 1 saturated heterocycles. The van der Waals surface area contributed by atoms with E-state index in [-0.39, 0.29) is 36.8 Å². The smallest absolute Gasteiger partial charge is 0.240 e. The van der Waals surface area contributed by atoms with E-state index >= 15 is 0 Å². The number of imidazole rings is 1. The molecular formula is C16H24Cl2N4OS. The quantitative estimate of drug-likeness (QED) is 0.823. The number of carbonyl (C=O) groups excluding carboxylic acids is 1. The number of amides is 1. The molecule has 0 aliphatic carbocycles. The molecule has 1 aromatic heterocycles. The zero-order valence-electron chi connectivity index (χ0n) is 13.7. The number of nitrogens with one attached hydrogen (secondary N) is 2. The number of halogens is 2. The van der Waals surface area contributed by atoms with Gasteiger partial charge in [0.15, 0.2) is 0 Å². The van der Waals surface area contributed by atoms with E-state index in [0.29, 0.717) is 6.54 Å². The van der Waals surface area contributed by atoms with Crippen LogP contribution in [0.4, 0.5) is 0 Å². The van der Waals surface area contributed by atoms with E-state index in [1.54, 1.807) is 11.8 Å². The minimum atomic E-state index is 0. The summed E-state index contributed by atoms with van der Waals surface area (Å²) in [7, 11) is 0. The topological polar surface area (TPSA) is 59.0 Å². The predicted molar refractivity (Wildman–Crippen MR) is 105 cm³/mol. The maximum atomic E-state index is 12.4. The lowest BCUT2D eigenvalue weighted by Gasteiger charge is -2.24. The molecule has 1 fully saturated rings. The summed E-state index contributed by atoms with van der Waals surface area (Å²) in [5.41, 5.74) is 1.99. The van der Waals surface area contributed by atoms with Crippen molar-refractivity contribution in [1.82, 2.24) is 20.2 Å². The second-order valence-corrected chi connectivity index (χ2v) is 6.51. The van der Waals surface area contributed by atoms with Gasteiger partial charge < -0.3 is 15.2 Å². The number of aromatic nitrogens is 2. The van der Waals surface area contributed by atoms with E-state index in [4.69, 9.17) is 0 Å². The van der Waals surface area contributed by atoms with Gasteiger partial charge in [0.1, 0.15) is 12.4 Å². The van der Waals surface area contributed by atoms with Crippen molar-refractivity contribution in [3.63, 3.8) is 0 Å². The highest BCUT2D eigenvalue weighted by molar-refractivity contribution is 7.97. The number of carbonyl (C=O) groups is 1. The first kappa shape index (κ1) is 21.1. The number of benzene rings is 1. The number of rotatable bonds is 5. The number of hydrogen-bond acceptors (Lipinski definition) is 4. The number of fused-ring (bicyclic) bond motifs is 1. The summed E-state index contributed by atoms with van der Waals surface area (Å²) in [5.74, 6) is 1.84. The third kappa shape index (κ3) is 5.02. The molecule has 1 atom stereocenters. The van der Waals surface area contributed by atoms with Gasteiger partial charge in [-0.1, -0.05) is 12.1 Å². The fourth-order valence-corrected chi connectivity index (χ4v) is 3.41. The van der Waals surface area contributed by atoms with Crippen LogP contribution in [0.2, 0.25) is 0 Å². The average molecular weight is 391 g/mol. The summed E-state index contributed by atoms with van der Waals surface area (Å²) in [5, 5.41) is 6.46. The van der Waals surface area contributed by atoms with E-state index in [2.05, 4.69) is 21.9 Å². The van der Waals surface area contributed by atoms with Gasteiger partial charge in [-0.2, -0.15) is 11.8 Å². The van der Waals surface area contributed by atoms with Gasteiger partial charge in [0.05, 0.1) is 16.8 Å². The number of hydrogen-bond donors (Lipinski definition) is 2. The van der Waals surface area contributed by atoms with Crippen molar-refractivity contribution >= 4 is 53.5 Å². The van der Waals surface area contributed by atoms with Crippen molar-refractivity contribution in [1.29, 1.82) is 0 Å². The van der Waals surface area contributed by atoms with Crippen LogP contribution in [0.5, 0.6) is 0 Å². The maximum absolute atomic E-state index is 12.4. The second-order valence-electron chi connectivity index (χ2n) is 5.65. The maximum Gasteiger partial charge on any atom is 0.240 e. The van der Waals surface area contributed by atoms with Crippen LogP contribution >= 0.6 is 36.6 Å². The molecule has 3 rings (SSSR count). The molecule has 8 heteroatoms. The zero-order chi connectivity index (χ0) is 15.4. The van der Waals surface area contributed by atoms with E-state index in [9.17, 15) is 4.79 Å². The Labute approximate surface area is 159 Å². The first-order valence-corrected chi connectivity index (χ1v) is 9.10. The highest BCUT2D eigenvalue weighted by Crippen LogP contribution is 2.18. The Balaban J connectivity index is 0.00000144. The van der Waals surface area contributed by atoms with E-state index in [0.717, 1.165) is 48.5 Å². The van der Waals surface area contributed by atoms with Crippen LogP contribution < -0.4 is 10.6 Å². The second kappa shape index (κ2) is 10.1. The molecule has 1 aliphatic rings. The van der Waals surface area contributed by atoms with Gasteiger partial charge in [-0.15, -0.1) is 24.8 Å². The molecule has 0 spiro atoms. The third-order valence-electron chi connectivity index (χ3n) is 3.97. The molecule has 0 saturated carbocycles. The van der Waals surface area contributed by atoms with Crippen molar-refractivity contribution in [2.45, 2.75) is 31.2 Å². The summed E-state index contributed by atoms with van der Waals surface area (Å²) in [6, 6.07) is 8.25. The SMILES string of the molecule is CSCc1nc2ccccc2n1CC(=O)N[C@H]1CCCNC1.Cl.Cl. The molecule has 1 aliphatic heterocycles. The van der Waals surface area contributed by atoms with Crippen LogP contribution in [0.1, 0.15) is 18.7 Å². The van der Waals surface area contributed by atoms with Gasteiger partial charge in [-0.05, 0) is 37.8 Å². The van der Waals surface area contributed by atoms with E-state index < -0.39 is 0 Å². The molecular weight excluding hydrogens is 367 g/mol. The fourth-order valence-electron chi connectivity index (χ4n) is 2.93. The minimum Gasteiger partial charge on any atom is -0.351 e. The number of para-hydroxylation sites is 2. The Morgan fingerprint density at radius 1 is 1.42 bits per heavy atom. The first-order chi connectivity index (χ1) is 10.8. The standard InChI is InChI=1S/C16H22N4OS.2ClH/c1-22-11-15-19-13-6-2-3-7-14(13)20(15)10-16(21)18-12-5-4-8-17-9-12;;/h2-3,6-7,12,17H,4-5,8-11H2,1H3,(H,18,21);2*1H/t12-;;/m0../s1.